The van der Waals surface area contributed by atoms with Gasteiger partial charge in [-0.1, -0.05) is 23.4 Å². The minimum Gasteiger partial charge on any atom is -0.482 e. The van der Waals surface area contributed by atoms with E-state index in [9.17, 15) is 0 Å². The van der Waals surface area contributed by atoms with Crippen molar-refractivity contribution in [3.05, 3.63) is 29.8 Å². The van der Waals surface area contributed by atoms with Crippen LogP contribution in [0.5, 0.6) is 5.75 Å². The number of rotatable bonds is 4. The summed E-state index contributed by atoms with van der Waals surface area (Å²) in [5, 5.41) is 20.3. The van der Waals surface area contributed by atoms with Gasteiger partial charge >= 0.3 is 0 Å². The number of aliphatic hydroxyl groups is 1. The third kappa shape index (κ3) is 2.85. The summed E-state index contributed by atoms with van der Waals surface area (Å²) in [6.45, 7) is 1.54. The van der Waals surface area contributed by atoms with Gasteiger partial charge < -0.3 is 20.8 Å². The number of oxime groups is 1. The highest BCUT2D eigenvalue weighted by Crippen LogP contribution is 2.18. The molecule has 0 aliphatic carbocycles. The van der Waals surface area contributed by atoms with Crippen molar-refractivity contribution in [1.82, 2.24) is 0 Å². The summed E-state index contributed by atoms with van der Waals surface area (Å²) in [5.41, 5.74) is 6.03. The number of para-hydroxylation sites is 1. The van der Waals surface area contributed by atoms with Crippen LogP contribution in [0, 0.1) is 0 Å². The second kappa shape index (κ2) is 5.21. The average Bonchev–Trinajstić information content (AvgIpc) is 2.28. The lowest BCUT2D eigenvalue weighted by Gasteiger charge is -2.15. The maximum Gasteiger partial charge on any atom is 0.180 e. The van der Waals surface area contributed by atoms with Gasteiger partial charge in [0.15, 0.2) is 11.9 Å². The summed E-state index contributed by atoms with van der Waals surface area (Å²) in [7, 11) is 0. The molecule has 0 fully saturated rings. The molecule has 1 aromatic carbocycles. The summed E-state index contributed by atoms with van der Waals surface area (Å²) in [5.74, 6) is 0.516. The van der Waals surface area contributed by atoms with Gasteiger partial charge in [0.1, 0.15) is 5.75 Å². The summed E-state index contributed by atoms with van der Waals surface area (Å²) in [6, 6.07) is 7.04. The van der Waals surface area contributed by atoms with Crippen LogP contribution in [0.15, 0.2) is 29.4 Å². The van der Waals surface area contributed by atoms with E-state index in [-0.39, 0.29) is 12.4 Å². The van der Waals surface area contributed by atoms with E-state index in [1.165, 1.54) is 0 Å². The molecule has 15 heavy (non-hydrogen) atoms. The van der Waals surface area contributed by atoms with Crippen molar-refractivity contribution in [1.29, 1.82) is 0 Å². The monoisotopic (exact) mass is 210 g/mol. The van der Waals surface area contributed by atoms with Gasteiger partial charge in [-0.05, 0) is 13.0 Å². The predicted octanol–water partition coefficient (Wildman–Crippen LogP) is 0.693. The summed E-state index contributed by atoms with van der Waals surface area (Å²) in [6.07, 6.45) is -0.539. The Morgan fingerprint density at radius 2 is 2.20 bits per heavy atom. The van der Waals surface area contributed by atoms with Crippen LogP contribution in [0.25, 0.3) is 0 Å². The molecule has 1 aromatic rings. The molecule has 0 aliphatic heterocycles. The van der Waals surface area contributed by atoms with E-state index < -0.39 is 6.10 Å². The Morgan fingerprint density at radius 1 is 1.53 bits per heavy atom. The molecular weight excluding hydrogens is 196 g/mol. The molecular formula is C10H14N2O3. The van der Waals surface area contributed by atoms with Crippen molar-refractivity contribution in [2.45, 2.75) is 19.6 Å². The molecule has 0 spiro atoms. The zero-order valence-electron chi connectivity index (χ0n) is 8.42. The third-order valence-electron chi connectivity index (χ3n) is 1.98. The topological polar surface area (TPSA) is 88.1 Å². The lowest BCUT2D eigenvalue weighted by Crippen LogP contribution is -2.31. The van der Waals surface area contributed by atoms with Crippen molar-refractivity contribution in [3.8, 4) is 5.75 Å². The van der Waals surface area contributed by atoms with E-state index in [0.717, 1.165) is 0 Å². The van der Waals surface area contributed by atoms with Crippen LogP contribution in [0.2, 0.25) is 0 Å². The van der Waals surface area contributed by atoms with Crippen molar-refractivity contribution >= 4 is 5.84 Å². The molecule has 0 radical (unpaired) electrons. The minimum atomic E-state index is -0.539. The van der Waals surface area contributed by atoms with Crippen LogP contribution in [0.1, 0.15) is 12.5 Å². The Balaban J connectivity index is 2.80. The molecule has 0 saturated heterocycles. The SMILES string of the molecule is CC(Oc1ccccc1CO)C(N)=NO. The molecule has 1 unspecified atom stereocenters. The minimum absolute atomic E-state index is 0.0113. The van der Waals surface area contributed by atoms with Gasteiger partial charge in [-0.25, -0.2) is 0 Å². The number of hydrogen-bond donors (Lipinski definition) is 3. The van der Waals surface area contributed by atoms with Gasteiger partial charge in [0, 0.05) is 5.56 Å². The number of ether oxygens (including phenoxy) is 1. The number of amidine groups is 1. The van der Waals surface area contributed by atoms with Crippen LogP contribution in [-0.2, 0) is 6.61 Å². The number of nitrogens with zero attached hydrogens (tertiary/aromatic N) is 1. The molecule has 1 rings (SSSR count). The molecule has 0 bridgehead atoms. The fourth-order valence-electron chi connectivity index (χ4n) is 1.08. The van der Waals surface area contributed by atoms with Crippen molar-refractivity contribution in [2.75, 3.05) is 0 Å². The van der Waals surface area contributed by atoms with E-state index in [4.69, 9.17) is 20.8 Å². The van der Waals surface area contributed by atoms with E-state index in [1.54, 1.807) is 31.2 Å². The Kier molecular flexibility index (Phi) is 3.93. The Bertz CT molecular complexity index is 352. The van der Waals surface area contributed by atoms with Gasteiger partial charge in [0.2, 0.25) is 0 Å². The largest absolute Gasteiger partial charge is 0.482 e. The summed E-state index contributed by atoms with van der Waals surface area (Å²) in [4.78, 5) is 0. The molecule has 0 aromatic heterocycles. The highest BCUT2D eigenvalue weighted by molar-refractivity contribution is 5.84. The third-order valence-corrected chi connectivity index (χ3v) is 1.98. The van der Waals surface area contributed by atoms with Gasteiger partial charge in [-0.15, -0.1) is 0 Å². The first-order valence-electron chi connectivity index (χ1n) is 4.52. The number of benzene rings is 1. The standard InChI is InChI=1S/C10H14N2O3/c1-7(10(11)12-14)15-9-5-3-2-4-8(9)6-13/h2-5,7,13-14H,6H2,1H3,(H2,11,12). The lowest BCUT2D eigenvalue weighted by atomic mass is 10.2. The van der Waals surface area contributed by atoms with E-state index in [0.29, 0.717) is 11.3 Å². The molecule has 5 nitrogen and oxygen atoms in total. The highest BCUT2D eigenvalue weighted by atomic mass is 16.5. The fraction of sp³-hybridized carbons (Fsp3) is 0.300. The first kappa shape index (κ1) is 11.3. The number of hydrogen-bond acceptors (Lipinski definition) is 4. The second-order valence-corrected chi connectivity index (χ2v) is 3.05. The Hall–Kier alpha value is -1.75. The predicted molar refractivity (Wildman–Crippen MR) is 55.9 cm³/mol. The molecule has 4 N–H and O–H groups in total. The van der Waals surface area contributed by atoms with Gasteiger partial charge in [-0.2, -0.15) is 0 Å². The smallest absolute Gasteiger partial charge is 0.180 e. The van der Waals surface area contributed by atoms with Crippen molar-refractivity contribution in [2.24, 2.45) is 10.9 Å². The first-order chi connectivity index (χ1) is 7.19. The van der Waals surface area contributed by atoms with E-state index in [1.807, 2.05) is 0 Å². The van der Waals surface area contributed by atoms with Crippen LogP contribution >= 0.6 is 0 Å². The van der Waals surface area contributed by atoms with Crippen LogP contribution in [-0.4, -0.2) is 22.3 Å². The molecule has 82 valence electrons. The highest BCUT2D eigenvalue weighted by Gasteiger charge is 2.11. The number of nitrogens with two attached hydrogens (primary N) is 1. The molecule has 0 amide bonds. The van der Waals surface area contributed by atoms with Gasteiger partial charge in [-0.3, -0.25) is 0 Å². The zero-order chi connectivity index (χ0) is 11.3. The maximum absolute atomic E-state index is 9.04. The summed E-state index contributed by atoms with van der Waals surface area (Å²) < 4.78 is 5.41. The fourth-order valence-corrected chi connectivity index (χ4v) is 1.08. The Labute approximate surface area is 87.8 Å². The quantitative estimate of drug-likeness (QED) is 0.295. The van der Waals surface area contributed by atoms with Crippen molar-refractivity contribution in [3.63, 3.8) is 0 Å². The molecule has 0 heterocycles. The maximum atomic E-state index is 9.04. The van der Waals surface area contributed by atoms with Gasteiger partial charge in [0.25, 0.3) is 0 Å². The normalized spacial score (nSPS) is 13.6. The molecule has 0 saturated carbocycles. The zero-order valence-corrected chi connectivity index (χ0v) is 8.42. The second-order valence-electron chi connectivity index (χ2n) is 3.05. The van der Waals surface area contributed by atoms with Crippen LogP contribution in [0.3, 0.4) is 0 Å². The molecule has 0 aliphatic rings. The lowest BCUT2D eigenvalue weighted by molar-refractivity contribution is 0.244. The van der Waals surface area contributed by atoms with Crippen LogP contribution < -0.4 is 10.5 Å². The van der Waals surface area contributed by atoms with Crippen molar-refractivity contribution < 1.29 is 15.1 Å². The Morgan fingerprint density at radius 3 is 2.80 bits per heavy atom. The van der Waals surface area contributed by atoms with Crippen LogP contribution in [0.4, 0.5) is 0 Å². The average molecular weight is 210 g/mol. The summed E-state index contributed by atoms with van der Waals surface area (Å²) >= 11 is 0. The first-order valence-corrected chi connectivity index (χ1v) is 4.52. The number of aliphatic hydroxyl groups excluding tert-OH is 1. The molecule has 1 atom stereocenters. The van der Waals surface area contributed by atoms with Gasteiger partial charge in [0.05, 0.1) is 6.61 Å². The molecule has 5 heteroatoms. The van der Waals surface area contributed by atoms with E-state index >= 15 is 0 Å². The van der Waals surface area contributed by atoms with E-state index in [2.05, 4.69) is 5.16 Å².